The Labute approximate surface area is 97.2 Å². The predicted octanol–water partition coefficient (Wildman–Crippen LogP) is 2.54. The van der Waals surface area contributed by atoms with E-state index in [9.17, 15) is 0 Å². The molecule has 1 aliphatic heterocycles. The van der Waals surface area contributed by atoms with Crippen LogP contribution in [0.3, 0.4) is 0 Å². The van der Waals surface area contributed by atoms with Crippen LogP contribution in [-0.4, -0.2) is 16.8 Å². The highest BCUT2D eigenvalue weighted by Crippen LogP contribution is 2.35. The van der Waals surface area contributed by atoms with Gasteiger partial charge in [-0.1, -0.05) is 0 Å². The highest BCUT2D eigenvalue weighted by atomic mass is 35.5. The summed E-state index contributed by atoms with van der Waals surface area (Å²) < 4.78 is 10.6. The summed E-state index contributed by atoms with van der Waals surface area (Å²) in [5.74, 6) is 2.68. The summed E-state index contributed by atoms with van der Waals surface area (Å²) in [5.41, 5.74) is 1.93. The number of H-pyrrole nitrogens is 1. The normalized spacial score (nSPS) is 13.1. The number of ether oxygens (including phenoxy) is 2. The molecular formula is C11H9ClN2O2. The molecule has 2 aromatic rings. The Balaban J connectivity index is 2.00. The van der Waals surface area contributed by atoms with Gasteiger partial charge in [0, 0.05) is 5.56 Å². The van der Waals surface area contributed by atoms with Crippen LogP contribution < -0.4 is 9.47 Å². The van der Waals surface area contributed by atoms with Crippen LogP contribution in [-0.2, 0) is 5.88 Å². The molecule has 0 saturated heterocycles. The van der Waals surface area contributed by atoms with Gasteiger partial charge in [0.2, 0.25) is 6.79 Å². The van der Waals surface area contributed by atoms with Gasteiger partial charge in [0.05, 0.1) is 17.8 Å². The van der Waals surface area contributed by atoms with E-state index in [2.05, 4.69) is 9.97 Å². The van der Waals surface area contributed by atoms with E-state index in [1.165, 1.54) is 0 Å². The van der Waals surface area contributed by atoms with Crippen molar-refractivity contribution in [3.05, 3.63) is 30.2 Å². The number of benzene rings is 1. The number of nitrogens with zero attached hydrogens (tertiary/aromatic N) is 1. The van der Waals surface area contributed by atoms with Crippen molar-refractivity contribution in [2.75, 3.05) is 6.79 Å². The number of alkyl halides is 1. The molecule has 16 heavy (non-hydrogen) atoms. The van der Waals surface area contributed by atoms with Crippen molar-refractivity contribution in [2.24, 2.45) is 0 Å². The molecular weight excluding hydrogens is 228 g/mol. The molecule has 5 heteroatoms. The van der Waals surface area contributed by atoms with Gasteiger partial charge >= 0.3 is 0 Å². The molecule has 0 atom stereocenters. The summed E-state index contributed by atoms with van der Waals surface area (Å²) in [5, 5.41) is 0. The van der Waals surface area contributed by atoms with Crippen LogP contribution in [0.5, 0.6) is 11.5 Å². The topological polar surface area (TPSA) is 47.1 Å². The third kappa shape index (κ3) is 1.51. The fourth-order valence-electron chi connectivity index (χ4n) is 1.64. The molecule has 0 radical (unpaired) electrons. The van der Waals surface area contributed by atoms with E-state index in [1.807, 2.05) is 18.2 Å². The van der Waals surface area contributed by atoms with Crippen LogP contribution in [0.1, 0.15) is 5.82 Å². The summed E-state index contributed by atoms with van der Waals surface area (Å²) in [7, 11) is 0. The molecule has 0 spiro atoms. The van der Waals surface area contributed by atoms with E-state index < -0.39 is 0 Å². The van der Waals surface area contributed by atoms with Gasteiger partial charge in [-0.3, -0.25) is 0 Å². The van der Waals surface area contributed by atoms with Crippen molar-refractivity contribution in [2.45, 2.75) is 5.88 Å². The summed E-state index contributed by atoms with van der Waals surface area (Å²) in [4.78, 5) is 7.28. The summed E-state index contributed by atoms with van der Waals surface area (Å²) in [6, 6.07) is 5.77. The highest BCUT2D eigenvalue weighted by Gasteiger charge is 2.14. The molecule has 2 heterocycles. The molecule has 0 amide bonds. The van der Waals surface area contributed by atoms with Crippen molar-refractivity contribution in [1.82, 2.24) is 9.97 Å². The van der Waals surface area contributed by atoms with Gasteiger partial charge in [-0.2, -0.15) is 0 Å². The average molecular weight is 237 g/mol. The molecule has 0 unspecified atom stereocenters. The molecule has 3 rings (SSSR count). The minimum Gasteiger partial charge on any atom is -0.454 e. The number of aromatic amines is 1. The largest absolute Gasteiger partial charge is 0.454 e. The molecule has 0 aliphatic carbocycles. The molecule has 1 aliphatic rings. The highest BCUT2D eigenvalue weighted by molar-refractivity contribution is 6.16. The van der Waals surface area contributed by atoms with Gasteiger partial charge < -0.3 is 14.5 Å². The summed E-state index contributed by atoms with van der Waals surface area (Å²) >= 11 is 5.68. The number of fused-ring (bicyclic) bond motifs is 1. The smallest absolute Gasteiger partial charge is 0.231 e. The van der Waals surface area contributed by atoms with E-state index in [-0.39, 0.29) is 6.79 Å². The SMILES string of the molecule is ClCc1ncc(-c2ccc3c(c2)OCO3)[nH]1. The minimum atomic E-state index is 0.286. The predicted molar refractivity (Wildman–Crippen MR) is 59.7 cm³/mol. The summed E-state index contributed by atoms with van der Waals surface area (Å²) in [6.45, 7) is 0.286. The molecule has 82 valence electrons. The zero-order chi connectivity index (χ0) is 11.0. The first-order valence-corrected chi connectivity index (χ1v) is 5.40. The van der Waals surface area contributed by atoms with Gasteiger partial charge in [0.1, 0.15) is 5.82 Å². The van der Waals surface area contributed by atoms with Gasteiger partial charge in [-0.05, 0) is 18.2 Å². The third-order valence-electron chi connectivity index (χ3n) is 2.44. The second-order valence-corrected chi connectivity index (χ2v) is 3.71. The van der Waals surface area contributed by atoms with Gasteiger partial charge in [-0.25, -0.2) is 4.98 Å². The molecule has 1 aromatic carbocycles. The maximum Gasteiger partial charge on any atom is 0.231 e. The zero-order valence-corrected chi connectivity index (χ0v) is 9.12. The van der Waals surface area contributed by atoms with Crippen molar-refractivity contribution < 1.29 is 9.47 Å². The van der Waals surface area contributed by atoms with Gasteiger partial charge in [0.15, 0.2) is 11.5 Å². The Kier molecular flexibility index (Phi) is 2.22. The van der Waals surface area contributed by atoms with E-state index >= 15 is 0 Å². The summed E-state index contributed by atoms with van der Waals surface area (Å²) in [6.07, 6.45) is 1.76. The number of hydrogen-bond acceptors (Lipinski definition) is 3. The van der Waals surface area contributed by atoms with E-state index in [0.717, 1.165) is 28.6 Å². The number of rotatable bonds is 2. The molecule has 1 aromatic heterocycles. The van der Waals surface area contributed by atoms with Crippen molar-refractivity contribution in [3.63, 3.8) is 0 Å². The quantitative estimate of drug-likeness (QED) is 0.816. The molecule has 0 bridgehead atoms. The standard InChI is InChI=1S/C11H9ClN2O2/c12-4-11-13-5-8(14-11)7-1-2-9-10(3-7)16-6-15-9/h1-3,5H,4,6H2,(H,13,14). The first-order chi connectivity index (χ1) is 7.86. The second kappa shape index (κ2) is 3.72. The van der Waals surface area contributed by atoms with Crippen LogP contribution in [0.4, 0.5) is 0 Å². The first-order valence-electron chi connectivity index (χ1n) is 4.86. The maximum atomic E-state index is 5.68. The minimum absolute atomic E-state index is 0.286. The van der Waals surface area contributed by atoms with E-state index in [0.29, 0.717) is 5.88 Å². The number of hydrogen-bond donors (Lipinski definition) is 1. The number of halogens is 1. The van der Waals surface area contributed by atoms with Crippen molar-refractivity contribution in [1.29, 1.82) is 0 Å². The van der Waals surface area contributed by atoms with Crippen LogP contribution in [0, 0.1) is 0 Å². The van der Waals surface area contributed by atoms with Gasteiger partial charge in [-0.15, -0.1) is 11.6 Å². The Bertz CT molecular complexity index is 524. The fourth-order valence-corrected chi connectivity index (χ4v) is 1.78. The Hall–Kier alpha value is -1.68. The molecule has 0 fully saturated rings. The van der Waals surface area contributed by atoms with Crippen LogP contribution in [0.25, 0.3) is 11.3 Å². The Morgan fingerprint density at radius 1 is 1.31 bits per heavy atom. The number of imidazole rings is 1. The lowest BCUT2D eigenvalue weighted by molar-refractivity contribution is 0.174. The first kappa shape index (κ1) is 9.54. The third-order valence-corrected chi connectivity index (χ3v) is 2.69. The molecule has 0 saturated carbocycles. The number of nitrogens with one attached hydrogen (secondary N) is 1. The lowest BCUT2D eigenvalue weighted by Gasteiger charge is -1.99. The fraction of sp³-hybridized carbons (Fsp3) is 0.182. The van der Waals surface area contributed by atoms with Gasteiger partial charge in [0.25, 0.3) is 0 Å². The maximum absolute atomic E-state index is 5.68. The average Bonchev–Trinajstić information content (AvgIpc) is 2.96. The van der Waals surface area contributed by atoms with Crippen LogP contribution in [0.15, 0.2) is 24.4 Å². The molecule has 1 N–H and O–H groups in total. The van der Waals surface area contributed by atoms with E-state index in [4.69, 9.17) is 21.1 Å². The molecule has 4 nitrogen and oxygen atoms in total. The zero-order valence-electron chi connectivity index (χ0n) is 8.37. The monoisotopic (exact) mass is 236 g/mol. The second-order valence-electron chi connectivity index (χ2n) is 3.45. The Morgan fingerprint density at radius 3 is 3.00 bits per heavy atom. The lowest BCUT2D eigenvalue weighted by atomic mass is 10.1. The number of aromatic nitrogens is 2. The van der Waals surface area contributed by atoms with Crippen molar-refractivity contribution in [3.8, 4) is 22.8 Å². The lowest BCUT2D eigenvalue weighted by Crippen LogP contribution is -1.92. The van der Waals surface area contributed by atoms with Crippen LogP contribution >= 0.6 is 11.6 Å². The van der Waals surface area contributed by atoms with E-state index in [1.54, 1.807) is 6.20 Å². The van der Waals surface area contributed by atoms with Crippen molar-refractivity contribution >= 4 is 11.6 Å². The Morgan fingerprint density at radius 2 is 2.19 bits per heavy atom. The van der Waals surface area contributed by atoms with Crippen LogP contribution in [0.2, 0.25) is 0 Å².